The van der Waals surface area contributed by atoms with E-state index in [0.29, 0.717) is 12.0 Å². The lowest BCUT2D eigenvalue weighted by Gasteiger charge is -2.36. The molecule has 0 radical (unpaired) electrons. The molecule has 1 aliphatic carbocycles. The first-order valence-corrected chi connectivity index (χ1v) is 11.5. The predicted octanol–water partition coefficient (Wildman–Crippen LogP) is 3.72. The van der Waals surface area contributed by atoms with E-state index in [2.05, 4.69) is 45.6 Å². The molecule has 152 valence electrons. The average molecular weight is 390 g/mol. The van der Waals surface area contributed by atoms with E-state index in [9.17, 15) is 0 Å². The summed E-state index contributed by atoms with van der Waals surface area (Å²) in [6, 6.07) is 7.51. The Balaban J connectivity index is 1.53. The van der Waals surface area contributed by atoms with Gasteiger partial charge in [0.15, 0.2) is 0 Å². The van der Waals surface area contributed by atoms with Crippen LogP contribution >= 0.6 is 0 Å². The van der Waals surface area contributed by atoms with Crippen molar-refractivity contribution in [1.82, 2.24) is 20.6 Å². The van der Waals surface area contributed by atoms with Crippen LogP contribution in [0, 0.1) is 0 Å². The van der Waals surface area contributed by atoms with Gasteiger partial charge in [0.2, 0.25) is 0 Å². The Hall–Kier alpha value is -1.98. The van der Waals surface area contributed by atoms with E-state index in [1.54, 1.807) is 17.5 Å². The fourth-order valence-electron chi connectivity index (χ4n) is 6.41. The van der Waals surface area contributed by atoms with Gasteiger partial charge in [0, 0.05) is 34.9 Å². The van der Waals surface area contributed by atoms with Gasteiger partial charge in [-0.05, 0) is 81.3 Å². The molecule has 5 nitrogen and oxygen atoms in total. The highest BCUT2D eigenvalue weighted by Crippen LogP contribution is 2.53. The number of rotatable bonds is 2. The van der Waals surface area contributed by atoms with Crippen LogP contribution in [0.5, 0.6) is 0 Å². The van der Waals surface area contributed by atoms with Gasteiger partial charge in [0.05, 0.1) is 0 Å². The van der Waals surface area contributed by atoms with Crippen molar-refractivity contribution in [2.24, 2.45) is 0 Å². The molecule has 29 heavy (non-hydrogen) atoms. The number of hydrogen-bond acceptors (Lipinski definition) is 5. The number of nitrogens with zero attached hydrogens (tertiary/aromatic N) is 3. The zero-order chi connectivity index (χ0) is 19.4. The Labute approximate surface area is 173 Å². The highest BCUT2D eigenvalue weighted by molar-refractivity contribution is 5.75. The maximum Gasteiger partial charge on any atom is 0.140 e. The van der Waals surface area contributed by atoms with Gasteiger partial charge < -0.3 is 15.5 Å². The summed E-state index contributed by atoms with van der Waals surface area (Å²) >= 11 is 0. The molecule has 0 saturated carbocycles. The van der Waals surface area contributed by atoms with E-state index in [1.807, 2.05) is 0 Å². The van der Waals surface area contributed by atoms with Crippen molar-refractivity contribution >= 4 is 11.5 Å². The summed E-state index contributed by atoms with van der Waals surface area (Å²) in [6.45, 7) is 6.76. The summed E-state index contributed by atoms with van der Waals surface area (Å²) in [5.41, 5.74) is 7.46. The Morgan fingerprint density at radius 2 is 2.00 bits per heavy atom. The molecule has 0 unspecified atom stereocenters. The van der Waals surface area contributed by atoms with Crippen molar-refractivity contribution in [2.75, 3.05) is 31.1 Å². The van der Waals surface area contributed by atoms with Crippen LogP contribution in [-0.4, -0.2) is 36.1 Å². The van der Waals surface area contributed by atoms with Gasteiger partial charge in [-0.3, -0.25) is 0 Å². The number of aromatic nitrogens is 2. The molecular weight excluding hydrogens is 358 g/mol. The van der Waals surface area contributed by atoms with Crippen LogP contribution in [0.25, 0.3) is 0 Å². The van der Waals surface area contributed by atoms with Crippen molar-refractivity contribution in [1.29, 1.82) is 0 Å². The van der Waals surface area contributed by atoms with E-state index in [1.165, 1.54) is 54.9 Å². The van der Waals surface area contributed by atoms with E-state index in [4.69, 9.17) is 4.98 Å². The summed E-state index contributed by atoms with van der Waals surface area (Å²) in [6.07, 6.45) is 9.04. The molecule has 3 aliphatic heterocycles. The fraction of sp³-hybridized carbons (Fsp3) is 0.583. The first kappa shape index (κ1) is 17.8. The first-order valence-electron chi connectivity index (χ1n) is 11.5. The molecule has 2 saturated heterocycles. The highest BCUT2D eigenvalue weighted by atomic mass is 15.2. The molecule has 1 spiro atoms. The van der Waals surface area contributed by atoms with E-state index in [0.717, 1.165) is 32.6 Å². The lowest BCUT2D eigenvalue weighted by Crippen LogP contribution is -2.43. The number of benzene rings is 1. The Morgan fingerprint density at radius 3 is 2.83 bits per heavy atom. The minimum Gasteiger partial charge on any atom is -0.325 e. The maximum atomic E-state index is 4.87. The summed E-state index contributed by atoms with van der Waals surface area (Å²) in [7, 11) is 0. The molecule has 1 aromatic carbocycles. The second-order valence-electron chi connectivity index (χ2n) is 9.50. The molecular formula is C24H31N5. The second kappa shape index (κ2) is 6.78. The van der Waals surface area contributed by atoms with Gasteiger partial charge in [-0.15, -0.1) is 0 Å². The van der Waals surface area contributed by atoms with Crippen molar-refractivity contribution < 1.29 is 0 Å². The number of nitrogens with one attached hydrogen (secondary N) is 2. The number of hydrogen-bond donors (Lipinski definition) is 2. The SMILES string of the molecule is C[C@@H]1CCc2ncnc(N3CC4(CCNCC4)c4c([C@H]5CCCN5)cccc43)c21. The van der Waals surface area contributed by atoms with Gasteiger partial charge in [0.25, 0.3) is 0 Å². The number of anilines is 2. The lowest BCUT2D eigenvalue weighted by atomic mass is 9.72. The monoisotopic (exact) mass is 389 g/mol. The Morgan fingerprint density at radius 1 is 1.10 bits per heavy atom. The standard InChI is InChI=1S/C24H31N5/c1-16-7-8-19-21(16)23(28-15-27-19)29-14-24(9-12-25-13-10-24)22-17(4-2-6-20(22)29)18-5-3-11-26-18/h2,4,6,15-16,18,25-26H,3,5,7-14H2,1H3/t16-,18-/m1/s1. The van der Waals surface area contributed by atoms with Gasteiger partial charge in [-0.25, -0.2) is 9.97 Å². The van der Waals surface area contributed by atoms with Crippen LogP contribution in [0.1, 0.15) is 73.4 Å². The van der Waals surface area contributed by atoms with Crippen LogP contribution in [0.3, 0.4) is 0 Å². The Bertz CT molecular complexity index is 927. The normalized spacial score (nSPS) is 27.4. The van der Waals surface area contributed by atoms with E-state index < -0.39 is 0 Å². The van der Waals surface area contributed by atoms with Crippen molar-refractivity contribution in [3.8, 4) is 0 Å². The summed E-state index contributed by atoms with van der Waals surface area (Å²) in [5.74, 6) is 1.72. The molecule has 5 heteroatoms. The van der Waals surface area contributed by atoms with Gasteiger partial charge in [0.1, 0.15) is 12.1 Å². The summed E-state index contributed by atoms with van der Waals surface area (Å²) in [5, 5.41) is 7.37. The van der Waals surface area contributed by atoms with Gasteiger partial charge in [-0.2, -0.15) is 0 Å². The minimum atomic E-state index is 0.237. The van der Waals surface area contributed by atoms with Crippen LogP contribution in [0.15, 0.2) is 24.5 Å². The smallest absolute Gasteiger partial charge is 0.140 e. The quantitative estimate of drug-likeness (QED) is 0.820. The molecule has 0 amide bonds. The molecule has 2 N–H and O–H groups in total. The predicted molar refractivity (Wildman–Crippen MR) is 116 cm³/mol. The molecule has 2 aromatic rings. The fourth-order valence-corrected chi connectivity index (χ4v) is 6.41. The second-order valence-corrected chi connectivity index (χ2v) is 9.50. The largest absolute Gasteiger partial charge is 0.325 e. The van der Waals surface area contributed by atoms with Crippen LogP contribution in [0.4, 0.5) is 11.5 Å². The average Bonchev–Trinajstić information content (AvgIpc) is 3.48. The third-order valence-corrected chi connectivity index (χ3v) is 7.86. The molecule has 2 fully saturated rings. The van der Waals surface area contributed by atoms with Crippen LogP contribution in [-0.2, 0) is 11.8 Å². The zero-order valence-corrected chi connectivity index (χ0v) is 17.4. The first-order chi connectivity index (χ1) is 14.3. The molecule has 1 aromatic heterocycles. The summed E-state index contributed by atoms with van der Waals surface area (Å²) < 4.78 is 0. The summed E-state index contributed by atoms with van der Waals surface area (Å²) in [4.78, 5) is 12.1. The van der Waals surface area contributed by atoms with Crippen LogP contribution < -0.4 is 15.5 Å². The van der Waals surface area contributed by atoms with Crippen molar-refractivity contribution in [3.63, 3.8) is 0 Å². The van der Waals surface area contributed by atoms with E-state index >= 15 is 0 Å². The van der Waals surface area contributed by atoms with Crippen molar-refractivity contribution in [2.45, 2.75) is 62.8 Å². The molecule has 0 bridgehead atoms. The highest BCUT2D eigenvalue weighted by Gasteiger charge is 2.47. The molecule has 6 rings (SSSR count). The number of aryl methyl sites for hydroxylation is 1. The van der Waals surface area contributed by atoms with Gasteiger partial charge >= 0.3 is 0 Å². The van der Waals surface area contributed by atoms with Gasteiger partial charge in [-0.1, -0.05) is 19.1 Å². The number of fused-ring (bicyclic) bond motifs is 3. The third kappa shape index (κ3) is 2.67. The minimum absolute atomic E-state index is 0.237. The third-order valence-electron chi connectivity index (χ3n) is 7.86. The van der Waals surface area contributed by atoms with Crippen molar-refractivity contribution in [3.05, 3.63) is 46.9 Å². The Kier molecular flexibility index (Phi) is 4.17. The molecule has 4 heterocycles. The number of piperidine rings is 1. The topological polar surface area (TPSA) is 53.1 Å². The van der Waals surface area contributed by atoms with E-state index in [-0.39, 0.29) is 5.41 Å². The molecule has 2 atom stereocenters. The lowest BCUT2D eigenvalue weighted by molar-refractivity contribution is 0.325. The van der Waals surface area contributed by atoms with Crippen LogP contribution in [0.2, 0.25) is 0 Å². The molecule has 4 aliphatic rings. The maximum absolute atomic E-state index is 4.87. The zero-order valence-electron chi connectivity index (χ0n) is 17.4.